The number of imide groups is 1. The maximum atomic E-state index is 13.5. The van der Waals surface area contributed by atoms with Gasteiger partial charge in [0.25, 0.3) is 11.8 Å². The van der Waals surface area contributed by atoms with Crippen molar-refractivity contribution < 1.29 is 9.59 Å². The lowest BCUT2D eigenvalue weighted by Crippen LogP contribution is -2.32. The van der Waals surface area contributed by atoms with Gasteiger partial charge in [-0.15, -0.1) is 11.3 Å². The SMILES string of the molecule is CN(C)c1ccc(N2C(=O)C(Nc3ccc(C(C)(C)C)cc3)=C(c3cccs3)C2=O)cc1. The van der Waals surface area contributed by atoms with Crippen LogP contribution < -0.4 is 15.1 Å². The molecule has 164 valence electrons. The molecule has 0 spiro atoms. The van der Waals surface area contributed by atoms with E-state index in [1.54, 1.807) is 12.1 Å². The smallest absolute Gasteiger partial charge is 0.282 e. The van der Waals surface area contributed by atoms with Gasteiger partial charge in [-0.2, -0.15) is 0 Å². The molecule has 32 heavy (non-hydrogen) atoms. The maximum Gasteiger partial charge on any atom is 0.282 e. The molecule has 0 saturated carbocycles. The fourth-order valence-electron chi connectivity index (χ4n) is 3.63. The summed E-state index contributed by atoms with van der Waals surface area (Å²) >= 11 is 1.45. The minimum atomic E-state index is -0.351. The lowest BCUT2D eigenvalue weighted by molar-refractivity contribution is -0.120. The highest BCUT2D eigenvalue weighted by molar-refractivity contribution is 7.11. The van der Waals surface area contributed by atoms with Gasteiger partial charge in [-0.1, -0.05) is 39.0 Å². The van der Waals surface area contributed by atoms with Crippen molar-refractivity contribution in [3.63, 3.8) is 0 Å². The first-order valence-corrected chi connectivity index (χ1v) is 11.4. The van der Waals surface area contributed by atoms with Gasteiger partial charge in [0.2, 0.25) is 0 Å². The Hall–Kier alpha value is -3.38. The second-order valence-corrected chi connectivity index (χ2v) is 9.98. The third-order valence-electron chi connectivity index (χ3n) is 5.50. The maximum absolute atomic E-state index is 13.5. The number of anilines is 3. The van der Waals surface area contributed by atoms with Crippen LogP contribution in [0.3, 0.4) is 0 Å². The minimum Gasteiger partial charge on any atom is -0.378 e. The summed E-state index contributed by atoms with van der Waals surface area (Å²) in [4.78, 5) is 30.9. The number of hydrogen-bond donors (Lipinski definition) is 1. The molecule has 0 saturated heterocycles. The number of carbonyl (C=O) groups excluding carboxylic acids is 2. The lowest BCUT2D eigenvalue weighted by Gasteiger charge is -2.19. The number of thiophene rings is 1. The van der Waals surface area contributed by atoms with Gasteiger partial charge >= 0.3 is 0 Å². The molecule has 1 aliphatic heterocycles. The largest absolute Gasteiger partial charge is 0.378 e. The zero-order valence-electron chi connectivity index (χ0n) is 19.0. The molecule has 5 nitrogen and oxygen atoms in total. The molecule has 4 rings (SSSR count). The zero-order valence-corrected chi connectivity index (χ0v) is 19.8. The van der Waals surface area contributed by atoms with Crippen LogP contribution in [-0.2, 0) is 15.0 Å². The Labute approximate surface area is 193 Å². The summed E-state index contributed by atoms with van der Waals surface area (Å²) in [6.45, 7) is 6.47. The molecule has 0 atom stereocenters. The summed E-state index contributed by atoms with van der Waals surface area (Å²) in [7, 11) is 3.90. The predicted molar refractivity (Wildman–Crippen MR) is 133 cm³/mol. The Morgan fingerprint density at radius 2 is 1.53 bits per heavy atom. The van der Waals surface area contributed by atoms with Crippen LogP contribution in [0.1, 0.15) is 31.2 Å². The molecule has 0 fully saturated rings. The molecule has 3 aromatic rings. The number of carbonyl (C=O) groups is 2. The molecule has 0 aliphatic carbocycles. The van der Waals surface area contributed by atoms with E-state index in [4.69, 9.17) is 0 Å². The first-order chi connectivity index (χ1) is 15.2. The first kappa shape index (κ1) is 21.8. The van der Waals surface area contributed by atoms with Gasteiger partial charge in [-0.3, -0.25) is 9.59 Å². The van der Waals surface area contributed by atoms with Crippen molar-refractivity contribution in [2.75, 3.05) is 29.2 Å². The van der Waals surface area contributed by atoms with E-state index in [-0.39, 0.29) is 17.2 Å². The van der Waals surface area contributed by atoms with E-state index in [1.165, 1.54) is 21.8 Å². The predicted octanol–water partition coefficient (Wildman–Crippen LogP) is 5.51. The third-order valence-corrected chi connectivity index (χ3v) is 6.38. The average molecular weight is 446 g/mol. The standard InChI is InChI=1S/C26H27N3O2S/c1-26(2,3)17-8-10-18(11-9-17)27-23-22(21-7-6-16-32-21)24(30)29(25(23)31)20-14-12-19(13-15-20)28(4)5/h6-16,27H,1-5H3. The molecule has 1 aromatic heterocycles. The molecule has 2 amide bonds. The van der Waals surface area contributed by atoms with Gasteiger partial charge in [-0.05, 0) is 58.8 Å². The van der Waals surface area contributed by atoms with Crippen molar-refractivity contribution in [3.8, 4) is 0 Å². The van der Waals surface area contributed by atoms with Crippen molar-refractivity contribution in [2.24, 2.45) is 0 Å². The van der Waals surface area contributed by atoms with E-state index in [0.717, 1.165) is 16.3 Å². The van der Waals surface area contributed by atoms with E-state index >= 15 is 0 Å². The van der Waals surface area contributed by atoms with E-state index in [1.807, 2.05) is 72.9 Å². The third kappa shape index (κ3) is 4.06. The molecule has 0 bridgehead atoms. The highest BCUT2D eigenvalue weighted by atomic mass is 32.1. The second-order valence-electron chi connectivity index (χ2n) is 9.04. The molecule has 0 radical (unpaired) electrons. The quantitative estimate of drug-likeness (QED) is 0.526. The zero-order chi connectivity index (χ0) is 23.0. The molecule has 6 heteroatoms. The Balaban J connectivity index is 1.71. The van der Waals surface area contributed by atoms with E-state index < -0.39 is 0 Å². The van der Waals surface area contributed by atoms with E-state index in [2.05, 4.69) is 26.1 Å². The number of hydrogen-bond acceptors (Lipinski definition) is 5. The van der Waals surface area contributed by atoms with E-state index in [0.29, 0.717) is 17.0 Å². The van der Waals surface area contributed by atoms with E-state index in [9.17, 15) is 9.59 Å². The molecular weight excluding hydrogens is 418 g/mol. The second kappa shape index (κ2) is 8.28. The summed E-state index contributed by atoms with van der Waals surface area (Å²) in [6.07, 6.45) is 0. The molecule has 1 aliphatic rings. The number of nitrogens with zero attached hydrogens (tertiary/aromatic N) is 2. The number of nitrogens with one attached hydrogen (secondary N) is 1. The summed E-state index contributed by atoms with van der Waals surface area (Å²) in [5.74, 6) is -0.667. The van der Waals surface area contributed by atoms with Crippen molar-refractivity contribution in [1.29, 1.82) is 0 Å². The highest BCUT2D eigenvalue weighted by Crippen LogP contribution is 2.36. The number of benzene rings is 2. The Morgan fingerprint density at radius 1 is 0.875 bits per heavy atom. The fraction of sp³-hybridized carbons (Fsp3) is 0.231. The normalized spacial score (nSPS) is 14.3. The summed E-state index contributed by atoms with van der Waals surface area (Å²) in [6, 6.07) is 19.2. The molecular formula is C26H27N3O2S. The van der Waals surface area contributed by atoms with Gasteiger partial charge in [0.05, 0.1) is 11.3 Å². The van der Waals surface area contributed by atoms with Crippen molar-refractivity contribution in [2.45, 2.75) is 26.2 Å². The van der Waals surface area contributed by atoms with Crippen molar-refractivity contribution in [3.05, 3.63) is 82.2 Å². The van der Waals surface area contributed by atoms with Gasteiger partial charge in [0.1, 0.15) is 5.70 Å². The first-order valence-electron chi connectivity index (χ1n) is 10.5. The van der Waals surface area contributed by atoms with Crippen LogP contribution in [-0.4, -0.2) is 25.9 Å². The number of rotatable bonds is 5. The van der Waals surface area contributed by atoms with Gasteiger partial charge in [-0.25, -0.2) is 4.90 Å². The van der Waals surface area contributed by atoms with Crippen LogP contribution in [0.15, 0.2) is 71.7 Å². The van der Waals surface area contributed by atoms with Crippen LogP contribution in [0, 0.1) is 0 Å². The fourth-order valence-corrected chi connectivity index (χ4v) is 4.40. The monoisotopic (exact) mass is 445 g/mol. The Morgan fingerprint density at radius 3 is 2.06 bits per heavy atom. The minimum absolute atomic E-state index is 0.0363. The van der Waals surface area contributed by atoms with Crippen molar-refractivity contribution in [1.82, 2.24) is 0 Å². The van der Waals surface area contributed by atoms with Crippen molar-refractivity contribution >= 4 is 45.8 Å². The van der Waals surface area contributed by atoms with Crippen LogP contribution in [0.2, 0.25) is 0 Å². The van der Waals surface area contributed by atoms with Crippen LogP contribution in [0.25, 0.3) is 5.57 Å². The van der Waals surface area contributed by atoms with Crippen LogP contribution in [0.4, 0.5) is 17.1 Å². The summed E-state index contributed by atoms with van der Waals surface area (Å²) in [5, 5.41) is 5.14. The number of amides is 2. The van der Waals surface area contributed by atoms with Gasteiger partial charge in [0, 0.05) is 30.3 Å². The van der Waals surface area contributed by atoms with Gasteiger partial charge in [0.15, 0.2) is 0 Å². The summed E-state index contributed by atoms with van der Waals surface area (Å²) < 4.78 is 0. The molecule has 2 aromatic carbocycles. The topological polar surface area (TPSA) is 52.6 Å². The molecule has 0 unspecified atom stereocenters. The van der Waals surface area contributed by atoms with Crippen LogP contribution >= 0.6 is 11.3 Å². The van der Waals surface area contributed by atoms with Crippen LogP contribution in [0.5, 0.6) is 0 Å². The Kier molecular flexibility index (Phi) is 5.65. The summed E-state index contributed by atoms with van der Waals surface area (Å²) in [5.41, 5.74) is 4.27. The average Bonchev–Trinajstić information content (AvgIpc) is 3.35. The highest BCUT2D eigenvalue weighted by Gasteiger charge is 2.40. The molecule has 2 heterocycles. The molecule has 1 N–H and O–H groups in total. The van der Waals surface area contributed by atoms with Gasteiger partial charge < -0.3 is 10.2 Å². The Bertz CT molecular complexity index is 1170. The lowest BCUT2D eigenvalue weighted by atomic mass is 9.87.